The lowest BCUT2D eigenvalue weighted by Gasteiger charge is -2.19. The van der Waals surface area contributed by atoms with Crippen molar-refractivity contribution < 1.29 is 0 Å². The number of likely N-dealkylation sites (N-methyl/N-ethyl adjacent to an activating group) is 1. The summed E-state index contributed by atoms with van der Waals surface area (Å²) in [6, 6.07) is 6.46. The lowest BCUT2D eigenvalue weighted by molar-refractivity contribution is 0.541. The first-order chi connectivity index (χ1) is 9.20. The number of nitrogens with one attached hydrogen (secondary N) is 1. The van der Waals surface area contributed by atoms with Crippen molar-refractivity contribution in [2.24, 2.45) is 0 Å². The van der Waals surface area contributed by atoms with Crippen LogP contribution < -0.4 is 5.32 Å². The molecular weight excluding hydrogens is 302 g/mol. The van der Waals surface area contributed by atoms with Crippen molar-refractivity contribution in [1.82, 2.24) is 15.3 Å². The van der Waals surface area contributed by atoms with Gasteiger partial charge in [-0.25, -0.2) is 0 Å². The van der Waals surface area contributed by atoms with Crippen molar-refractivity contribution in [3.8, 4) is 0 Å². The van der Waals surface area contributed by atoms with E-state index in [2.05, 4.69) is 57.2 Å². The van der Waals surface area contributed by atoms with Crippen LogP contribution in [0.3, 0.4) is 0 Å². The van der Waals surface area contributed by atoms with Crippen LogP contribution in [0.5, 0.6) is 0 Å². The molecule has 0 aliphatic carbocycles. The van der Waals surface area contributed by atoms with E-state index < -0.39 is 0 Å². The monoisotopic (exact) mass is 319 g/mol. The van der Waals surface area contributed by atoms with Crippen LogP contribution in [0.2, 0.25) is 0 Å². The molecule has 0 radical (unpaired) electrons. The van der Waals surface area contributed by atoms with Gasteiger partial charge in [0.15, 0.2) is 0 Å². The molecule has 0 spiro atoms. The van der Waals surface area contributed by atoms with E-state index in [1.165, 1.54) is 11.1 Å². The van der Waals surface area contributed by atoms with Crippen LogP contribution in [0.4, 0.5) is 0 Å². The predicted octanol–water partition coefficient (Wildman–Crippen LogP) is 3.44. The highest BCUT2D eigenvalue weighted by Gasteiger charge is 2.14. The molecule has 1 atom stereocenters. The topological polar surface area (TPSA) is 37.8 Å². The molecule has 0 aliphatic heterocycles. The third kappa shape index (κ3) is 3.85. The molecule has 4 heteroatoms. The van der Waals surface area contributed by atoms with Gasteiger partial charge in [-0.05, 0) is 58.7 Å². The summed E-state index contributed by atoms with van der Waals surface area (Å²) < 4.78 is 1.01. The Morgan fingerprint density at radius 3 is 2.74 bits per heavy atom. The Kier molecular flexibility index (Phi) is 5.05. The van der Waals surface area contributed by atoms with Gasteiger partial charge in [0.1, 0.15) is 0 Å². The Labute approximate surface area is 122 Å². The first-order valence-electron chi connectivity index (χ1n) is 6.45. The van der Waals surface area contributed by atoms with E-state index in [4.69, 9.17) is 0 Å². The fraction of sp³-hybridized carbons (Fsp3) is 0.333. The summed E-state index contributed by atoms with van der Waals surface area (Å²) >= 11 is 3.41. The molecule has 0 aliphatic rings. The van der Waals surface area contributed by atoms with Gasteiger partial charge < -0.3 is 5.32 Å². The third-order valence-electron chi connectivity index (χ3n) is 3.09. The van der Waals surface area contributed by atoms with E-state index in [1.807, 2.05) is 24.7 Å². The number of rotatable bonds is 5. The largest absolute Gasteiger partial charge is 0.310 e. The van der Waals surface area contributed by atoms with Crippen molar-refractivity contribution in [1.29, 1.82) is 0 Å². The highest BCUT2D eigenvalue weighted by Crippen LogP contribution is 2.20. The molecule has 1 N–H and O–H groups in total. The summed E-state index contributed by atoms with van der Waals surface area (Å²) in [5.41, 5.74) is 3.59. The standard InChI is InChI=1S/C15H18BrN3/c1-3-18-15(14-6-7-17-9-11(14)2)8-13-5-4-12(16)10-19-13/h4-7,9-10,15,18H,3,8H2,1-2H3. The smallest absolute Gasteiger partial charge is 0.0423 e. The van der Waals surface area contributed by atoms with E-state index in [0.29, 0.717) is 0 Å². The lowest BCUT2D eigenvalue weighted by Crippen LogP contribution is -2.24. The highest BCUT2D eigenvalue weighted by molar-refractivity contribution is 9.10. The zero-order valence-electron chi connectivity index (χ0n) is 11.2. The van der Waals surface area contributed by atoms with Crippen LogP contribution in [0.1, 0.15) is 29.8 Å². The molecule has 3 nitrogen and oxygen atoms in total. The summed E-state index contributed by atoms with van der Waals surface area (Å²) in [4.78, 5) is 8.61. The van der Waals surface area contributed by atoms with Crippen LogP contribution in [0, 0.1) is 6.92 Å². The van der Waals surface area contributed by atoms with Crippen LogP contribution >= 0.6 is 15.9 Å². The van der Waals surface area contributed by atoms with Gasteiger partial charge in [-0.15, -0.1) is 0 Å². The molecule has 0 bridgehead atoms. The maximum atomic E-state index is 4.45. The maximum absolute atomic E-state index is 4.45. The Bertz CT molecular complexity index is 525. The van der Waals surface area contributed by atoms with Crippen LogP contribution in [-0.2, 0) is 6.42 Å². The Morgan fingerprint density at radius 1 is 1.26 bits per heavy atom. The molecule has 0 saturated heterocycles. The van der Waals surface area contributed by atoms with Crippen molar-refractivity contribution >= 4 is 15.9 Å². The lowest BCUT2D eigenvalue weighted by atomic mass is 9.99. The number of hydrogen-bond acceptors (Lipinski definition) is 3. The minimum absolute atomic E-state index is 0.279. The SMILES string of the molecule is CCNC(Cc1ccc(Br)cn1)c1ccncc1C. The predicted molar refractivity (Wildman–Crippen MR) is 81.0 cm³/mol. The quantitative estimate of drug-likeness (QED) is 0.917. The molecular formula is C15H18BrN3. The first kappa shape index (κ1) is 14.2. The first-order valence-corrected chi connectivity index (χ1v) is 7.24. The minimum Gasteiger partial charge on any atom is -0.310 e. The van der Waals surface area contributed by atoms with Crippen molar-refractivity contribution in [3.05, 3.63) is 58.1 Å². The van der Waals surface area contributed by atoms with E-state index in [0.717, 1.165) is 23.1 Å². The number of halogens is 1. The highest BCUT2D eigenvalue weighted by atomic mass is 79.9. The van der Waals surface area contributed by atoms with Gasteiger partial charge in [-0.1, -0.05) is 6.92 Å². The van der Waals surface area contributed by atoms with Gasteiger partial charge in [0.25, 0.3) is 0 Å². The summed E-state index contributed by atoms with van der Waals surface area (Å²) in [5, 5.41) is 3.52. The van der Waals surface area contributed by atoms with Gasteiger partial charge in [0, 0.05) is 41.2 Å². The molecule has 100 valence electrons. The zero-order valence-corrected chi connectivity index (χ0v) is 12.8. The second-order valence-corrected chi connectivity index (χ2v) is 5.43. The third-order valence-corrected chi connectivity index (χ3v) is 3.56. The number of pyridine rings is 2. The van der Waals surface area contributed by atoms with E-state index in [-0.39, 0.29) is 6.04 Å². The fourth-order valence-corrected chi connectivity index (χ4v) is 2.38. The Balaban J connectivity index is 2.21. The molecule has 2 aromatic rings. The molecule has 1 unspecified atom stereocenters. The fourth-order valence-electron chi connectivity index (χ4n) is 2.15. The molecule has 0 amide bonds. The number of aryl methyl sites for hydroxylation is 1. The maximum Gasteiger partial charge on any atom is 0.0423 e. The second kappa shape index (κ2) is 6.78. The van der Waals surface area contributed by atoms with Gasteiger partial charge >= 0.3 is 0 Å². The van der Waals surface area contributed by atoms with Gasteiger partial charge in [0.05, 0.1) is 0 Å². The summed E-state index contributed by atoms with van der Waals surface area (Å²) in [6.45, 7) is 5.16. The van der Waals surface area contributed by atoms with Crippen molar-refractivity contribution in [2.45, 2.75) is 26.3 Å². The Hall–Kier alpha value is -1.26. The minimum atomic E-state index is 0.279. The molecule has 0 aromatic carbocycles. The van der Waals surface area contributed by atoms with Crippen LogP contribution in [0.25, 0.3) is 0 Å². The van der Waals surface area contributed by atoms with Crippen molar-refractivity contribution in [2.75, 3.05) is 6.54 Å². The molecule has 2 heterocycles. The normalized spacial score (nSPS) is 12.4. The summed E-state index contributed by atoms with van der Waals surface area (Å²) in [5.74, 6) is 0. The molecule has 0 fully saturated rings. The number of nitrogens with zero attached hydrogens (tertiary/aromatic N) is 2. The second-order valence-electron chi connectivity index (χ2n) is 4.51. The molecule has 19 heavy (non-hydrogen) atoms. The van der Waals surface area contributed by atoms with Gasteiger partial charge in [0.2, 0.25) is 0 Å². The van der Waals surface area contributed by atoms with E-state index in [1.54, 1.807) is 0 Å². The molecule has 0 saturated carbocycles. The van der Waals surface area contributed by atoms with E-state index >= 15 is 0 Å². The van der Waals surface area contributed by atoms with E-state index in [9.17, 15) is 0 Å². The van der Waals surface area contributed by atoms with Gasteiger partial charge in [-0.2, -0.15) is 0 Å². The van der Waals surface area contributed by atoms with Gasteiger partial charge in [-0.3, -0.25) is 9.97 Å². The van der Waals surface area contributed by atoms with Crippen LogP contribution in [0.15, 0.2) is 41.3 Å². The molecule has 2 rings (SSSR count). The van der Waals surface area contributed by atoms with Crippen LogP contribution in [-0.4, -0.2) is 16.5 Å². The zero-order chi connectivity index (χ0) is 13.7. The summed E-state index contributed by atoms with van der Waals surface area (Å²) in [7, 11) is 0. The molecule has 2 aromatic heterocycles. The average molecular weight is 320 g/mol. The Morgan fingerprint density at radius 2 is 2.11 bits per heavy atom. The number of hydrogen-bond donors (Lipinski definition) is 1. The summed E-state index contributed by atoms with van der Waals surface area (Å²) in [6.07, 6.45) is 6.49. The number of aromatic nitrogens is 2. The van der Waals surface area contributed by atoms with Crippen molar-refractivity contribution in [3.63, 3.8) is 0 Å². The average Bonchev–Trinajstić information content (AvgIpc) is 2.41.